The zero-order valence-electron chi connectivity index (χ0n) is 13.0. The number of aryl methyl sites for hydroxylation is 1. The third-order valence-electron chi connectivity index (χ3n) is 4.91. The van der Waals surface area contributed by atoms with Gasteiger partial charge in [-0.25, -0.2) is 0 Å². The Morgan fingerprint density at radius 3 is 2.30 bits per heavy atom. The molecular formula is C17H21NO2. The van der Waals surface area contributed by atoms with Crippen molar-refractivity contribution in [1.29, 1.82) is 0 Å². The molecule has 0 N–H and O–H groups in total. The molecule has 1 atom stereocenters. The van der Waals surface area contributed by atoms with E-state index in [0.717, 1.165) is 44.6 Å². The van der Waals surface area contributed by atoms with Gasteiger partial charge >= 0.3 is 0 Å². The molecule has 0 unspecified atom stereocenters. The van der Waals surface area contributed by atoms with Crippen LogP contribution in [-0.2, 0) is 0 Å². The second kappa shape index (κ2) is 4.11. The van der Waals surface area contributed by atoms with Crippen LogP contribution >= 0.6 is 0 Å². The van der Waals surface area contributed by atoms with Gasteiger partial charge in [0.2, 0.25) is 0 Å². The maximum atomic E-state index is 12.7. The fourth-order valence-electron chi connectivity index (χ4n) is 3.32. The minimum Gasteiger partial charge on any atom is -0.489 e. The predicted octanol–water partition coefficient (Wildman–Crippen LogP) is 3.50. The molecule has 0 spiro atoms. The number of hydrogen-bond donors (Lipinski definition) is 0. The lowest BCUT2D eigenvalue weighted by molar-refractivity contribution is 0.243. The zero-order valence-corrected chi connectivity index (χ0v) is 13.0. The highest BCUT2D eigenvalue weighted by molar-refractivity contribution is 5.92. The summed E-state index contributed by atoms with van der Waals surface area (Å²) in [4.78, 5) is 12.7. The third kappa shape index (κ3) is 1.43. The summed E-state index contributed by atoms with van der Waals surface area (Å²) < 4.78 is 8.25. The molecule has 1 aromatic heterocycles. The molecule has 1 aromatic carbocycles. The van der Waals surface area contributed by atoms with E-state index in [9.17, 15) is 4.79 Å². The SMILES string of the molecule is Cc1c(C)c2c3c(c1C)c(=O)c(C)c(C)n3[C@@H](C)CO2. The number of pyridine rings is 1. The molecule has 0 saturated heterocycles. The first-order chi connectivity index (χ1) is 9.36. The van der Waals surface area contributed by atoms with Crippen molar-refractivity contribution >= 4 is 10.9 Å². The highest BCUT2D eigenvalue weighted by Crippen LogP contribution is 2.39. The van der Waals surface area contributed by atoms with Gasteiger partial charge in [0.15, 0.2) is 5.43 Å². The van der Waals surface area contributed by atoms with Crippen LogP contribution in [0.25, 0.3) is 10.9 Å². The van der Waals surface area contributed by atoms with Crippen molar-refractivity contribution in [2.24, 2.45) is 0 Å². The number of hydrogen-bond acceptors (Lipinski definition) is 2. The van der Waals surface area contributed by atoms with E-state index in [4.69, 9.17) is 4.74 Å². The number of aromatic nitrogens is 1. The largest absolute Gasteiger partial charge is 0.489 e. The van der Waals surface area contributed by atoms with Gasteiger partial charge in [-0.05, 0) is 58.2 Å². The fraction of sp³-hybridized carbons (Fsp3) is 0.471. The van der Waals surface area contributed by atoms with E-state index in [2.05, 4.69) is 25.3 Å². The molecule has 1 aliphatic heterocycles. The van der Waals surface area contributed by atoms with Crippen molar-refractivity contribution in [1.82, 2.24) is 4.57 Å². The normalized spacial score (nSPS) is 17.4. The molecule has 0 radical (unpaired) electrons. The van der Waals surface area contributed by atoms with Crippen LogP contribution in [0.4, 0.5) is 0 Å². The lowest BCUT2D eigenvalue weighted by Crippen LogP contribution is -2.28. The Balaban J connectivity index is 2.71. The summed E-state index contributed by atoms with van der Waals surface area (Å²) in [6.07, 6.45) is 0. The van der Waals surface area contributed by atoms with E-state index in [1.807, 2.05) is 20.8 Å². The maximum Gasteiger partial charge on any atom is 0.192 e. The van der Waals surface area contributed by atoms with E-state index in [-0.39, 0.29) is 11.5 Å². The Hall–Kier alpha value is -1.77. The zero-order chi connectivity index (χ0) is 14.8. The van der Waals surface area contributed by atoms with Gasteiger partial charge in [-0.1, -0.05) is 0 Å². The second-order valence-electron chi connectivity index (χ2n) is 6.00. The van der Waals surface area contributed by atoms with E-state index >= 15 is 0 Å². The van der Waals surface area contributed by atoms with Gasteiger partial charge < -0.3 is 9.30 Å². The van der Waals surface area contributed by atoms with Gasteiger partial charge in [0.05, 0.1) is 16.9 Å². The van der Waals surface area contributed by atoms with Crippen molar-refractivity contribution in [2.45, 2.75) is 47.6 Å². The monoisotopic (exact) mass is 271 g/mol. The van der Waals surface area contributed by atoms with Crippen molar-refractivity contribution in [3.63, 3.8) is 0 Å². The molecule has 3 rings (SSSR count). The second-order valence-corrected chi connectivity index (χ2v) is 6.00. The molecular weight excluding hydrogens is 250 g/mol. The minimum atomic E-state index is 0.147. The van der Waals surface area contributed by atoms with Crippen LogP contribution in [0.2, 0.25) is 0 Å². The lowest BCUT2D eigenvalue weighted by Gasteiger charge is -2.31. The first-order valence-corrected chi connectivity index (χ1v) is 7.14. The summed E-state index contributed by atoms with van der Waals surface area (Å²) in [5, 5.41) is 0.831. The van der Waals surface area contributed by atoms with Gasteiger partial charge in [-0.2, -0.15) is 0 Å². The summed E-state index contributed by atoms with van der Waals surface area (Å²) >= 11 is 0. The van der Waals surface area contributed by atoms with Gasteiger partial charge in [0.25, 0.3) is 0 Å². The average Bonchev–Trinajstić information content (AvgIpc) is 2.42. The Morgan fingerprint density at radius 2 is 1.65 bits per heavy atom. The Morgan fingerprint density at radius 1 is 1.00 bits per heavy atom. The van der Waals surface area contributed by atoms with Crippen LogP contribution in [0.5, 0.6) is 5.75 Å². The van der Waals surface area contributed by atoms with E-state index in [0.29, 0.717) is 6.61 Å². The molecule has 1 aliphatic rings. The van der Waals surface area contributed by atoms with Gasteiger partial charge in [-0.15, -0.1) is 0 Å². The van der Waals surface area contributed by atoms with Gasteiger partial charge in [0, 0.05) is 11.3 Å². The topological polar surface area (TPSA) is 31.2 Å². The van der Waals surface area contributed by atoms with E-state index in [1.165, 1.54) is 0 Å². The van der Waals surface area contributed by atoms with Crippen molar-refractivity contribution < 1.29 is 4.74 Å². The molecule has 0 aliphatic carbocycles. The van der Waals surface area contributed by atoms with Crippen molar-refractivity contribution in [2.75, 3.05) is 6.61 Å². The van der Waals surface area contributed by atoms with Crippen LogP contribution in [0, 0.1) is 34.6 Å². The molecule has 2 aromatic rings. The molecule has 0 fully saturated rings. The van der Waals surface area contributed by atoms with Crippen LogP contribution in [0.1, 0.15) is 40.9 Å². The lowest BCUT2D eigenvalue weighted by atomic mass is 9.94. The summed E-state index contributed by atoms with van der Waals surface area (Å²) in [6, 6.07) is 0.255. The Bertz CT molecular complexity index is 799. The average molecular weight is 271 g/mol. The number of rotatable bonds is 0. The third-order valence-corrected chi connectivity index (χ3v) is 4.91. The number of ether oxygens (including phenoxy) is 1. The Kier molecular flexibility index (Phi) is 2.72. The fourth-order valence-corrected chi connectivity index (χ4v) is 3.32. The molecule has 20 heavy (non-hydrogen) atoms. The first-order valence-electron chi connectivity index (χ1n) is 7.14. The molecule has 2 heterocycles. The highest BCUT2D eigenvalue weighted by atomic mass is 16.5. The minimum absolute atomic E-state index is 0.147. The molecule has 106 valence electrons. The number of nitrogens with zero attached hydrogens (tertiary/aromatic N) is 1. The maximum absolute atomic E-state index is 12.7. The molecule has 3 heteroatoms. The first kappa shape index (κ1) is 13.2. The summed E-state index contributed by atoms with van der Waals surface area (Å²) in [5.74, 6) is 0.890. The number of benzene rings is 1. The summed E-state index contributed by atoms with van der Waals surface area (Å²) in [5.41, 5.74) is 6.43. The van der Waals surface area contributed by atoms with Crippen LogP contribution in [0.15, 0.2) is 4.79 Å². The standard InChI is InChI=1S/C17H21NO2/c1-8-7-20-17-11(4)9(2)10(3)14-15(17)18(8)13(6)12(5)16(14)19/h8H,7H2,1-6H3/t8-/m0/s1. The van der Waals surface area contributed by atoms with Crippen molar-refractivity contribution in [3.05, 3.63) is 38.2 Å². The molecule has 3 nitrogen and oxygen atoms in total. The quantitative estimate of drug-likeness (QED) is 0.734. The van der Waals surface area contributed by atoms with Gasteiger partial charge in [0.1, 0.15) is 12.4 Å². The van der Waals surface area contributed by atoms with Crippen LogP contribution in [0.3, 0.4) is 0 Å². The van der Waals surface area contributed by atoms with Crippen LogP contribution < -0.4 is 10.2 Å². The predicted molar refractivity (Wildman–Crippen MR) is 82.1 cm³/mol. The van der Waals surface area contributed by atoms with E-state index < -0.39 is 0 Å². The molecule has 0 bridgehead atoms. The van der Waals surface area contributed by atoms with Crippen LogP contribution in [-0.4, -0.2) is 11.2 Å². The highest BCUT2D eigenvalue weighted by Gasteiger charge is 2.26. The van der Waals surface area contributed by atoms with Crippen molar-refractivity contribution in [3.8, 4) is 5.75 Å². The summed E-state index contributed by atoms with van der Waals surface area (Å²) in [6.45, 7) is 13.0. The smallest absolute Gasteiger partial charge is 0.192 e. The van der Waals surface area contributed by atoms with E-state index in [1.54, 1.807) is 0 Å². The van der Waals surface area contributed by atoms with Gasteiger partial charge in [-0.3, -0.25) is 4.79 Å². The summed E-state index contributed by atoms with van der Waals surface area (Å²) in [7, 11) is 0. The molecule has 0 amide bonds. The molecule has 0 saturated carbocycles. The Labute approximate surface area is 119 Å².